The maximum atomic E-state index is 13.8. The van der Waals surface area contributed by atoms with Crippen LogP contribution in [0.4, 0.5) is 4.39 Å². The van der Waals surface area contributed by atoms with Crippen molar-refractivity contribution >= 4 is 45.0 Å². The van der Waals surface area contributed by atoms with Gasteiger partial charge in [0.05, 0.1) is 10.7 Å². The standard InChI is InChI=1S/C19H13ClFN3OS2/c1-11-5-4-7-13(20)15(11)24-10-22-17-16(18(24)25)27-19(23-17)26-9-12-6-2-3-8-14(12)21/h2-8,10H,9H2,1H3. The number of benzene rings is 2. The molecule has 27 heavy (non-hydrogen) atoms. The van der Waals surface area contributed by atoms with Gasteiger partial charge < -0.3 is 0 Å². The average molecular weight is 418 g/mol. The summed E-state index contributed by atoms with van der Waals surface area (Å²) in [7, 11) is 0. The van der Waals surface area contributed by atoms with Crippen LogP contribution in [0.15, 0.2) is 57.9 Å². The first-order valence-corrected chi connectivity index (χ1v) is 10.2. The minimum absolute atomic E-state index is 0.216. The quantitative estimate of drug-likeness (QED) is 0.426. The smallest absolute Gasteiger partial charge is 0.267 e. The number of rotatable bonds is 4. The zero-order valence-electron chi connectivity index (χ0n) is 14.1. The Morgan fingerprint density at radius 3 is 2.81 bits per heavy atom. The molecule has 0 atom stereocenters. The molecule has 0 spiro atoms. The monoisotopic (exact) mass is 417 g/mol. The summed E-state index contributed by atoms with van der Waals surface area (Å²) >= 11 is 8.93. The number of thiazole rings is 1. The number of fused-ring (bicyclic) bond motifs is 1. The molecule has 4 nitrogen and oxygen atoms in total. The molecular weight excluding hydrogens is 405 g/mol. The first-order chi connectivity index (χ1) is 13.0. The molecule has 4 rings (SSSR count). The van der Waals surface area contributed by atoms with Gasteiger partial charge in [-0.25, -0.2) is 14.4 Å². The Hall–Kier alpha value is -2.22. The first kappa shape index (κ1) is 18.2. The van der Waals surface area contributed by atoms with Gasteiger partial charge in [-0.05, 0) is 30.2 Å². The number of hydrogen-bond acceptors (Lipinski definition) is 5. The molecule has 0 saturated carbocycles. The van der Waals surface area contributed by atoms with Crippen LogP contribution in [0.2, 0.25) is 5.02 Å². The average Bonchev–Trinajstić information content (AvgIpc) is 3.07. The van der Waals surface area contributed by atoms with Gasteiger partial charge in [0.1, 0.15) is 16.8 Å². The highest BCUT2D eigenvalue weighted by Gasteiger charge is 2.15. The van der Waals surface area contributed by atoms with E-state index in [-0.39, 0.29) is 11.4 Å². The molecule has 4 aromatic rings. The molecule has 0 bridgehead atoms. The van der Waals surface area contributed by atoms with Gasteiger partial charge in [-0.15, -0.1) is 11.3 Å². The van der Waals surface area contributed by atoms with Gasteiger partial charge in [0.25, 0.3) is 5.56 Å². The van der Waals surface area contributed by atoms with E-state index in [0.29, 0.717) is 36.7 Å². The Morgan fingerprint density at radius 2 is 2.04 bits per heavy atom. The van der Waals surface area contributed by atoms with Crippen LogP contribution in [0.3, 0.4) is 0 Å². The second-order valence-corrected chi connectivity index (χ2v) is 8.47. The van der Waals surface area contributed by atoms with E-state index in [1.807, 2.05) is 19.1 Å². The van der Waals surface area contributed by atoms with E-state index in [0.717, 1.165) is 5.56 Å². The number of para-hydroxylation sites is 1. The van der Waals surface area contributed by atoms with Crippen LogP contribution in [-0.2, 0) is 5.75 Å². The van der Waals surface area contributed by atoms with Gasteiger partial charge >= 0.3 is 0 Å². The SMILES string of the molecule is Cc1cccc(Cl)c1-n1cnc2nc(SCc3ccccc3F)sc2c1=O. The summed E-state index contributed by atoms with van der Waals surface area (Å²) in [6.07, 6.45) is 1.45. The largest absolute Gasteiger partial charge is 0.277 e. The Balaban J connectivity index is 1.70. The molecule has 0 aliphatic carbocycles. The van der Waals surface area contributed by atoms with Crippen molar-refractivity contribution < 1.29 is 4.39 Å². The predicted octanol–water partition coefficient (Wildman–Crippen LogP) is 5.24. The van der Waals surface area contributed by atoms with Crippen LogP contribution >= 0.6 is 34.7 Å². The highest BCUT2D eigenvalue weighted by atomic mass is 35.5. The van der Waals surface area contributed by atoms with E-state index in [4.69, 9.17) is 11.6 Å². The van der Waals surface area contributed by atoms with Gasteiger partial charge in [0, 0.05) is 5.75 Å². The first-order valence-electron chi connectivity index (χ1n) is 8.04. The fourth-order valence-corrected chi connectivity index (χ4v) is 5.02. The van der Waals surface area contributed by atoms with E-state index < -0.39 is 0 Å². The fraction of sp³-hybridized carbons (Fsp3) is 0.105. The van der Waals surface area contributed by atoms with Crippen molar-refractivity contribution in [3.05, 3.63) is 81.1 Å². The molecular formula is C19H13ClFN3OS2. The van der Waals surface area contributed by atoms with Crippen LogP contribution in [0.25, 0.3) is 16.0 Å². The normalized spacial score (nSPS) is 11.2. The lowest BCUT2D eigenvalue weighted by molar-refractivity contribution is 0.617. The lowest BCUT2D eigenvalue weighted by Gasteiger charge is -2.10. The molecule has 0 aliphatic heterocycles. The minimum atomic E-state index is -0.249. The van der Waals surface area contributed by atoms with E-state index in [2.05, 4.69) is 9.97 Å². The van der Waals surface area contributed by atoms with Crippen molar-refractivity contribution in [2.45, 2.75) is 17.0 Å². The zero-order valence-corrected chi connectivity index (χ0v) is 16.5. The molecule has 136 valence electrons. The summed E-state index contributed by atoms with van der Waals surface area (Å²) in [5.74, 6) is 0.186. The molecule has 0 amide bonds. The van der Waals surface area contributed by atoms with Gasteiger partial charge in [-0.1, -0.05) is 53.7 Å². The van der Waals surface area contributed by atoms with Crippen LogP contribution in [0, 0.1) is 12.7 Å². The third-order valence-electron chi connectivity index (χ3n) is 4.04. The van der Waals surface area contributed by atoms with Crippen LogP contribution < -0.4 is 5.56 Å². The maximum Gasteiger partial charge on any atom is 0.277 e. The molecule has 0 radical (unpaired) electrons. The number of aromatic nitrogens is 3. The van der Waals surface area contributed by atoms with Gasteiger partial charge in [0.15, 0.2) is 9.99 Å². The molecule has 0 saturated heterocycles. The van der Waals surface area contributed by atoms with E-state index in [1.54, 1.807) is 24.3 Å². The van der Waals surface area contributed by atoms with Gasteiger partial charge in [-0.2, -0.15) is 0 Å². The minimum Gasteiger partial charge on any atom is -0.267 e. The maximum absolute atomic E-state index is 13.8. The number of hydrogen-bond donors (Lipinski definition) is 0. The molecule has 0 aliphatic rings. The highest BCUT2D eigenvalue weighted by molar-refractivity contribution is 8.00. The van der Waals surface area contributed by atoms with E-state index >= 15 is 0 Å². The molecule has 0 fully saturated rings. The highest BCUT2D eigenvalue weighted by Crippen LogP contribution is 2.30. The van der Waals surface area contributed by atoms with Crippen molar-refractivity contribution in [2.24, 2.45) is 0 Å². The van der Waals surface area contributed by atoms with Crippen molar-refractivity contribution in [1.29, 1.82) is 0 Å². The van der Waals surface area contributed by atoms with Crippen molar-refractivity contribution in [3.63, 3.8) is 0 Å². The van der Waals surface area contributed by atoms with Gasteiger partial charge in [0.2, 0.25) is 0 Å². The summed E-state index contributed by atoms with van der Waals surface area (Å²) in [4.78, 5) is 21.7. The topological polar surface area (TPSA) is 47.8 Å². The van der Waals surface area contributed by atoms with Crippen LogP contribution in [0.1, 0.15) is 11.1 Å². The number of halogens is 2. The van der Waals surface area contributed by atoms with Crippen LogP contribution in [0.5, 0.6) is 0 Å². The Labute approximate surface area is 167 Å². The summed E-state index contributed by atoms with van der Waals surface area (Å²) in [5.41, 5.74) is 2.27. The van der Waals surface area contributed by atoms with Gasteiger partial charge in [-0.3, -0.25) is 9.36 Å². The molecule has 2 aromatic carbocycles. The fourth-order valence-electron chi connectivity index (χ4n) is 2.70. The third kappa shape index (κ3) is 3.50. The summed E-state index contributed by atoms with van der Waals surface area (Å²) in [6.45, 7) is 1.89. The summed E-state index contributed by atoms with van der Waals surface area (Å²) in [6, 6.07) is 12.1. The number of nitrogens with zero attached hydrogens (tertiary/aromatic N) is 3. The third-order valence-corrected chi connectivity index (χ3v) is 6.57. The molecule has 8 heteroatoms. The lowest BCUT2D eigenvalue weighted by atomic mass is 10.2. The zero-order chi connectivity index (χ0) is 19.0. The number of thioether (sulfide) groups is 1. The number of aryl methyl sites for hydroxylation is 1. The Morgan fingerprint density at radius 1 is 1.22 bits per heavy atom. The van der Waals surface area contributed by atoms with Crippen LogP contribution in [-0.4, -0.2) is 14.5 Å². The Kier molecular flexibility index (Phi) is 4.99. The predicted molar refractivity (Wildman–Crippen MR) is 109 cm³/mol. The molecule has 2 heterocycles. The lowest BCUT2D eigenvalue weighted by Crippen LogP contribution is -2.19. The van der Waals surface area contributed by atoms with E-state index in [9.17, 15) is 9.18 Å². The van der Waals surface area contributed by atoms with Crippen molar-refractivity contribution in [1.82, 2.24) is 14.5 Å². The summed E-state index contributed by atoms with van der Waals surface area (Å²) in [5, 5.41) is 0.483. The Bertz CT molecular complexity index is 1190. The second kappa shape index (κ2) is 7.42. The van der Waals surface area contributed by atoms with E-state index in [1.165, 1.54) is 40.1 Å². The molecule has 0 N–H and O–H groups in total. The molecule has 2 aromatic heterocycles. The van der Waals surface area contributed by atoms with Crippen molar-refractivity contribution in [2.75, 3.05) is 0 Å². The second-order valence-electron chi connectivity index (χ2n) is 5.84. The van der Waals surface area contributed by atoms with Crippen molar-refractivity contribution in [3.8, 4) is 5.69 Å². The molecule has 0 unspecified atom stereocenters. The summed E-state index contributed by atoms with van der Waals surface area (Å²) < 4.78 is 16.3.